The monoisotopic (exact) mass is 139 g/mol. The third-order valence-electron chi connectivity index (χ3n) is 1.61. The van der Waals surface area contributed by atoms with Crippen LogP contribution in [0.2, 0.25) is 0 Å². The number of hydrogen-bond acceptors (Lipinski definition) is 1. The predicted octanol–water partition coefficient (Wildman–Crippen LogP) is 1.72. The number of ether oxygens (including phenoxy) is 1. The first-order chi connectivity index (χ1) is 4.93. The van der Waals surface area contributed by atoms with Crippen molar-refractivity contribution in [2.24, 2.45) is 5.92 Å². The molecule has 0 amide bonds. The van der Waals surface area contributed by atoms with E-state index in [-0.39, 0.29) is 0 Å². The van der Waals surface area contributed by atoms with Gasteiger partial charge in [0.2, 0.25) is 6.54 Å². The van der Waals surface area contributed by atoms with Crippen molar-refractivity contribution in [3.05, 3.63) is 11.4 Å². The summed E-state index contributed by atoms with van der Waals surface area (Å²) in [5.74, 6) is 0.855. The first kappa shape index (κ1) is 7.56. The Hall–Kier alpha value is -0.550. The summed E-state index contributed by atoms with van der Waals surface area (Å²) in [5, 5.41) is 0. The van der Waals surface area contributed by atoms with E-state index in [4.69, 9.17) is 11.3 Å². The molecule has 0 spiro atoms. The molecule has 0 heterocycles. The topological polar surface area (TPSA) is 13.6 Å². The highest BCUT2D eigenvalue weighted by Gasteiger charge is 2.20. The first-order valence-corrected chi connectivity index (χ1v) is 3.84. The van der Waals surface area contributed by atoms with Gasteiger partial charge in [0.05, 0.1) is 6.61 Å². The zero-order valence-electron chi connectivity index (χ0n) is 6.18. The lowest BCUT2D eigenvalue weighted by Gasteiger charge is -1.97. The Morgan fingerprint density at radius 2 is 2.30 bits per heavy atom. The summed E-state index contributed by atoms with van der Waals surface area (Å²) in [6.45, 7) is 8.83. The van der Waals surface area contributed by atoms with Crippen molar-refractivity contribution >= 4 is 0 Å². The van der Waals surface area contributed by atoms with Crippen molar-refractivity contribution in [1.29, 1.82) is 0 Å². The Morgan fingerprint density at radius 3 is 2.90 bits per heavy atom. The second-order valence-electron chi connectivity index (χ2n) is 2.75. The van der Waals surface area contributed by atoms with Gasteiger partial charge in [0.15, 0.2) is 0 Å². The number of nitrogens with zero attached hydrogens (tertiary/aromatic N) is 1. The minimum Gasteiger partial charge on any atom is -0.381 e. The molecule has 0 aromatic carbocycles. The van der Waals surface area contributed by atoms with Crippen LogP contribution in [-0.2, 0) is 4.74 Å². The Morgan fingerprint density at radius 1 is 1.50 bits per heavy atom. The second kappa shape index (κ2) is 4.29. The van der Waals surface area contributed by atoms with E-state index in [1.54, 1.807) is 0 Å². The molecule has 0 unspecified atom stereocenters. The molecule has 1 rings (SSSR count). The Balaban J connectivity index is 1.73. The lowest BCUT2D eigenvalue weighted by atomic mass is 10.4. The van der Waals surface area contributed by atoms with Crippen LogP contribution in [0, 0.1) is 12.5 Å². The van der Waals surface area contributed by atoms with E-state index in [1.807, 2.05) is 0 Å². The number of rotatable bonds is 5. The smallest absolute Gasteiger partial charge is 0.216 e. The molecule has 56 valence electrons. The highest BCUT2D eigenvalue weighted by Crippen LogP contribution is 2.28. The fourth-order valence-corrected chi connectivity index (χ4v) is 0.780. The summed E-state index contributed by atoms with van der Waals surface area (Å²) in [4.78, 5) is 3.24. The molecule has 1 fully saturated rings. The molecule has 1 saturated carbocycles. The van der Waals surface area contributed by atoms with E-state index >= 15 is 0 Å². The molecule has 0 saturated heterocycles. The van der Waals surface area contributed by atoms with Gasteiger partial charge in [-0.25, -0.2) is 6.57 Å². The van der Waals surface area contributed by atoms with E-state index in [0.29, 0.717) is 6.54 Å². The van der Waals surface area contributed by atoms with Crippen LogP contribution in [0.3, 0.4) is 0 Å². The van der Waals surface area contributed by atoms with Crippen LogP contribution < -0.4 is 0 Å². The summed E-state index contributed by atoms with van der Waals surface area (Å²) >= 11 is 0. The Labute approximate surface area is 62.0 Å². The van der Waals surface area contributed by atoms with Crippen LogP contribution in [0.25, 0.3) is 4.85 Å². The van der Waals surface area contributed by atoms with Crippen LogP contribution in [-0.4, -0.2) is 19.8 Å². The zero-order chi connectivity index (χ0) is 7.23. The third-order valence-corrected chi connectivity index (χ3v) is 1.61. The van der Waals surface area contributed by atoms with Gasteiger partial charge in [-0.1, -0.05) is 0 Å². The lowest BCUT2D eigenvalue weighted by molar-refractivity contribution is 0.124. The summed E-state index contributed by atoms with van der Waals surface area (Å²) in [6.07, 6.45) is 3.60. The molecular weight excluding hydrogens is 126 g/mol. The molecule has 0 radical (unpaired) electrons. The Bertz CT molecular complexity index is 124. The maximum atomic E-state index is 6.50. The van der Waals surface area contributed by atoms with Gasteiger partial charge < -0.3 is 9.58 Å². The highest BCUT2D eigenvalue weighted by molar-refractivity contribution is 4.72. The van der Waals surface area contributed by atoms with Crippen molar-refractivity contribution in [2.75, 3.05) is 19.8 Å². The molecule has 1 aliphatic rings. The molecule has 2 nitrogen and oxygen atoms in total. The van der Waals surface area contributed by atoms with Crippen LogP contribution in [0.5, 0.6) is 0 Å². The average molecular weight is 139 g/mol. The third kappa shape index (κ3) is 3.47. The molecule has 0 aromatic heterocycles. The number of hydrogen-bond donors (Lipinski definition) is 0. The largest absolute Gasteiger partial charge is 0.381 e. The second-order valence-corrected chi connectivity index (χ2v) is 2.75. The summed E-state index contributed by atoms with van der Waals surface area (Å²) in [5.41, 5.74) is 0. The molecule has 0 N–H and O–H groups in total. The molecule has 10 heavy (non-hydrogen) atoms. The van der Waals surface area contributed by atoms with Crippen molar-refractivity contribution in [1.82, 2.24) is 0 Å². The summed E-state index contributed by atoms with van der Waals surface area (Å²) in [7, 11) is 0. The summed E-state index contributed by atoms with van der Waals surface area (Å²) in [6, 6.07) is 0. The molecule has 0 aliphatic heterocycles. The van der Waals surface area contributed by atoms with E-state index in [1.165, 1.54) is 12.8 Å². The highest BCUT2D eigenvalue weighted by atomic mass is 16.5. The standard InChI is InChI=1S/C8H13NO/c1-9-5-2-6-10-7-8-3-4-8/h8H,2-7H2. The van der Waals surface area contributed by atoms with Crippen molar-refractivity contribution in [2.45, 2.75) is 19.3 Å². The molecule has 0 bridgehead atoms. The van der Waals surface area contributed by atoms with Crippen LogP contribution in [0.4, 0.5) is 0 Å². The van der Waals surface area contributed by atoms with Gasteiger partial charge in [0.25, 0.3) is 0 Å². The van der Waals surface area contributed by atoms with Crippen LogP contribution >= 0.6 is 0 Å². The fourth-order valence-electron chi connectivity index (χ4n) is 0.780. The molecule has 0 aromatic rings. The predicted molar refractivity (Wildman–Crippen MR) is 39.6 cm³/mol. The average Bonchev–Trinajstić information content (AvgIpc) is 2.71. The molecular formula is C8H13NO. The normalized spacial score (nSPS) is 16.7. The van der Waals surface area contributed by atoms with E-state index in [2.05, 4.69) is 4.85 Å². The van der Waals surface area contributed by atoms with Gasteiger partial charge in [-0.3, -0.25) is 0 Å². The van der Waals surface area contributed by atoms with Gasteiger partial charge in [-0.15, -0.1) is 0 Å². The van der Waals surface area contributed by atoms with Gasteiger partial charge in [-0.05, 0) is 18.8 Å². The van der Waals surface area contributed by atoms with E-state index < -0.39 is 0 Å². The van der Waals surface area contributed by atoms with E-state index in [9.17, 15) is 0 Å². The molecule has 2 heteroatoms. The van der Waals surface area contributed by atoms with Gasteiger partial charge in [0.1, 0.15) is 0 Å². The molecule has 1 aliphatic carbocycles. The Kier molecular flexibility index (Phi) is 3.25. The van der Waals surface area contributed by atoms with Crippen molar-refractivity contribution < 1.29 is 4.74 Å². The van der Waals surface area contributed by atoms with Gasteiger partial charge >= 0.3 is 0 Å². The van der Waals surface area contributed by atoms with Gasteiger partial charge in [-0.2, -0.15) is 0 Å². The minimum atomic E-state index is 0.616. The maximum Gasteiger partial charge on any atom is 0.216 e. The maximum absolute atomic E-state index is 6.50. The first-order valence-electron chi connectivity index (χ1n) is 3.84. The van der Waals surface area contributed by atoms with E-state index in [0.717, 1.165) is 25.6 Å². The quantitative estimate of drug-likeness (QED) is 0.417. The zero-order valence-corrected chi connectivity index (χ0v) is 6.18. The van der Waals surface area contributed by atoms with Crippen molar-refractivity contribution in [3.8, 4) is 0 Å². The minimum absolute atomic E-state index is 0.616. The van der Waals surface area contributed by atoms with Crippen LogP contribution in [0.1, 0.15) is 19.3 Å². The van der Waals surface area contributed by atoms with Gasteiger partial charge in [0, 0.05) is 13.0 Å². The fraction of sp³-hybridized carbons (Fsp3) is 0.875. The lowest BCUT2D eigenvalue weighted by Crippen LogP contribution is -1.98. The summed E-state index contributed by atoms with van der Waals surface area (Å²) < 4.78 is 5.32. The van der Waals surface area contributed by atoms with Crippen molar-refractivity contribution in [3.63, 3.8) is 0 Å². The van der Waals surface area contributed by atoms with Crippen LogP contribution in [0.15, 0.2) is 0 Å². The molecule has 0 atom stereocenters. The SMILES string of the molecule is [C-]#[N+]CCCOCC1CC1.